The highest BCUT2D eigenvalue weighted by atomic mass is 19.4. The van der Waals surface area contributed by atoms with Gasteiger partial charge in [-0.15, -0.1) is 0 Å². The Morgan fingerprint density at radius 2 is 1.20 bits per heavy atom. The van der Waals surface area contributed by atoms with Gasteiger partial charge in [0.2, 0.25) is 5.41 Å². The number of rotatable bonds is 2. The van der Waals surface area contributed by atoms with E-state index in [0.29, 0.717) is 36.4 Å². The summed E-state index contributed by atoms with van der Waals surface area (Å²) in [6.45, 7) is 0. The lowest BCUT2D eigenvalue weighted by Gasteiger charge is -2.38. The SMILES string of the molecule is Nc1cc(C(c2ccc(O)c([NH3+])c2)(C(F)(F)F)C(F)(F)F)ccc1O. The molecule has 136 valence electrons. The van der Waals surface area contributed by atoms with Gasteiger partial charge in [-0.3, -0.25) is 0 Å². The molecular formula is C15H13F6N2O2+. The standard InChI is InChI=1S/C15H12F6N2O2/c16-14(17,18)13(15(19,20)21,7-1-3-11(24)9(22)5-7)8-2-4-12(25)10(23)6-8/h1-6,24-25H,22-23H2/p+1. The molecule has 10 heteroatoms. The summed E-state index contributed by atoms with van der Waals surface area (Å²) in [7, 11) is 0. The number of benzene rings is 2. The van der Waals surface area contributed by atoms with Crippen molar-refractivity contribution in [2.45, 2.75) is 17.8 Å². The summed E-state index contributed by atoms with van der Waals surface area (Å²) >= 11 is 0. The van der Waals surface area contributed by atoms with E-state index in [1.165, 1.54) is 0 Å². The first-order chi connectivity index (χ1) is 11.3. The minimum Gasteiger partial charge on any atom is -0.506 e. The van der Waals surface area contributed by atoms with E-state index in [4.69, 9.17) is 5.73 Å². The zero-order valence-corrected chi connectivity index (χ0v) is 12.4. The van der Waals surface area contributed by atoms with Crippen LogP contribution in [0.4, 0.5) is 37.7 Å². The van der Waals surface area contributed by atoms with Gasteiger partial charge < -0.3 is 21.7 Å². The van der Waals surface area contributed by atoms with Crippen LogP contribution in [-0.2, 0) is 5.41 Å². The van der Waals surface area contributed by atoms with E-state index >= 15 is 0 Å². The van der Waals surface area contributed by atoms with E-state index in [-0.39, 0.29) is 0 Å². The van der Waals surface area contributed by atoms with Crippen LogP contribution in [0.25, 0.3) is 0 Å². The highest BCUT2D eigenvalue weighted by Crippen LogP contribution is 2.57. The van der Waals surface area contributed by atoms with Crippen LogP contribution in [0.3, 0.4) is 0 Å². The van der Waals surface area contributed by atoms with Gasteiger partial charge in [0.25, 0.3) is 0 Å². The van der Waals surface area contributed by atoms with Crippen molar-refractivity contribution in [3.63, 3.8) is 0 Å². The number of phenolic OH excluding ortho intramolecular Hbond substituents is 2. The molecule has 2 rings (SSSR count). The molecule has 0 aliphatic rings. The molecule has 0 bridgehead atoms. The summed E-state index contributed by atoms with van der Waals surface area (Å²) in [4.78, 5) is 0. The molecule has 0 saturated heterocycles. The molecule has 7 N–H and O–H groups in total. The summed E-state index contributed by atoms with van der Waals surface area (Å²) in [6, 6.07) is 3.32. The van der Waals surface area contributed by atoms with Crippen LogP contribution in [0.2, 0.25) is 0 Å². The van der Waals surface area contributed by atoms with Crippen molar-refractivity contribution in [2.24, 2.45) is 0 Å². The van der Waals surface area contributed by atoms with Crippen molar-refractivity contribution in [3.05, 3.63) is 47.5 Å². The Balaban J connectivity index is 2.96. The molecule has 0 fully saturated rings. The fourth-order valence-electron chi connectivity index (χ4n) is 2.59. The molecule has 0 amide bonds. The number of anilines is 1. The zero-order chi connectivity index (χ0) is 19.2. The first kappa shape index (κ1) is 18.7. The quantitative estimate of drug-likeness (QED) is 0.373. The lowest BCUT2D eigenvalue weighted by atomic mass is 9.72. The van der Waals surface area contributed by atoms with Gasteiger partial charge in [0.1, 0.15) is 5.75 Å². The number of nitrogens with two attached hydrogens (primary N) is 1. The second-order valence-corrected chi connectivity index (χ2v) is 5.36. The number of halogens is 6. The Hall–Kier alpha value is -2.62. The average Bonchev–Trinajstić information content (AvgIpc) is 2.44. The minimum absolute atomic E-state index is 0.401. The van der Waals surface area contributed by atoms with Crippen molar-refractivity contribution >= 4 is 11.4 Å². The summed E-state index contributed by atoms with van der Waals surface area (Å²) in [5, 5.41) is 18.7. The third-order valence-electron chi connectivity index (χ3n) is 3.82. The fraction of sp³-hybridized carbons (Fsp3) is 0.200. The third kappa shape index (κ3) is 2.82. The molecule has 0 saturated carbocycles. The molecule has 4 nitrogen and oxygen atoms in total. The van der Waals surface area contributed by atoms with Gasteiger partial charge in [-0.05, 0) is 29.3 Å². The molecule has 0 spiro atoms. The molecule has 2 aromatic carbocycles. The highest BCUT2D eigenvalue weighted by molar-refractivity contribution is 5.59. The lowest BCUT2D eigenvalue weighted by molar-refractivity contribution is -0.289. The normalized spacial score (nSPS) is 13.1. The largest absolute Gasteiger partial charge is 0.506 e. The van der Waals surface area contributed by atoms with Crippen molar-refractivity contribution in [3.8, 4) is 11.5 Å². The van der Waals surface area contributed by atoms with Gasteiger partial charge in [-0.1, -0.05) is 12.1 Å². The number of phenols is 2. The lowest BCUT2D eigenvalue weighted by Crippen LogP contribution is -2.55. The molecule has 0 aliphatic heterocycles. The minimum atomic E-state index is -5.79. The number of quaternary nitrogens is 1. The molecule has 0 aromatic heterocycles. The van der Waals surface area contributed by atoms with Crippen molar-refractivity contribution < 1.29 is 42.3 Å². The van der Waals surface area contributed by atoms with Crippen molar-refractivity contribution in [2.75, 3.05) is 5.73 Å². The van der Waals surface area contributed by atoms with E-state index < -0.39 is 51.8 Å². The van der Waals surface area contributed by atoms with Crippen LogP contribution < -0.4 is 11.5 Å². The van der Waals surface area contributed by atoms with Crippen LogP contribution in [0.5, 0.6) is 11.5 Å². The molecule has 0 unspecified atom stereocenters. The third-order valence-corrected chi connectivity index (χ3v) is 3.82. The Kier molecular flexibility index (Phi) is 4.29. The predicted octanol–water partition coefficient (Wildman–Crippen LogP) is 2.96. The van der Waals surface area contributed by atoms with Gasteiger partial charge in [0.05, 0.1) is 5.69 Å². The summed E-state index contributed by atoms with van der Waals surface area (Å²) < 4.78 is 82.8. The van der Waals surface area contributed by atoms with E-state index in [0.717, 1.165) is 0 Å². The van der Waals surface area contributed by atoms with Gasteiger partial charge in [0.15, 0.2) is 11.4 Å². The molecule has 0 aliphatic carbocycles. The maximum absolute atomic E-state index is 13.8. The first-order valence-electron chi connectivity index (χ1n) is 6.70. The van der Waals surface area contributed by atoms with Gasteiger partial charge >= 0.3 is 12.4 Å². The van der Waals surface area contributed by atoms with Gasteiger partial charge in [0, 0.05) is 6.07 Å². The first-order valence-corrected chi connectivity index (χ1v) is 6.70. The topological polar surface area (TPSA) is 94.1 Å². The number of alkyl halides is 6. The molecule has 0 heterocycles. The van der Waals surface area contributed by atoms with Crippen LogP contribution in [0.1, 0.15) is 11.1 Å². The van der Waals surface area contributed by atoms with E-state index in [2.05, 4.69) is 5.73 Å². The predicted molar refractivity (Wildman–Crippen MR) is 76.1 cm³/mol. The van der Waals surface area contributed by atoms with Gasteiger partial charge in [-0.2, -0.15) is 26.3 Å². The van der Waals surface area contributed by atoms with Crippen LogP contribution in [-0.4, -0.2) is 22.6 Å². The Morgan fingerprint density at radius 3 is 1.60 bits per heavy atom. The van der Waals surface area contributed by atoms with Crippen molar-refractivity contribution in [1.82, 2.24) is 0 Å². The second kappa shape index (κ2) is 5.73. The molecule has 0 radical (unpaired) electrons. The average molecular weight is 367 g/mol. The Bertz CT molecular complexity index is 734. The monoisotopic (exact) mass is 367 g/mol. The van der Waals surface area contributed by atoms with Crippen LogP contribution >= 0.6 is 0 Å². The Morgan fingerprint density at radius 1 is 0.760 bits per heavy atom. The number of hydrogen-bond donors (Lipinski definition) is 4. The number of hydrogen-bond acceptors (Lipinski definition) is 3. The summed E-state index contributed by atoms with van der Waals surface area (Å²) in [6.07, 6.45) is -11.6. The highest BCUT2D eigenvalue weighted by Gasteiger charge is 2.72. The van der Waals surface area contributed by atoms with Crippen LogP contribution in [0, 0.1) is 0 Å². The maximum atomic E-state index is 13.8. The second-order valence-electron chi connectivity index (χ2n) is 5.36. The van der Waals surface area contributed by atoms with E-state index in [1.807, 2.05) is 0 Å². The molecule has 25 heavy (non-hydrogen) atoms. The van der Waals surface area contributed by atoms with Crippen molar-refractivity contribution in [1.29, 1.82) is 0 Å². The van der Waals surface area contributed by atoms with Crippen LogP contribution in [0.15, 0.2) is 36.4 Å². The number of nitrogen functional groups attached to an aromatic ring is 1. The molecule has 0 atom stereocenters. The Labute approximate surface area is 137 Å². The zero-order valence-electron chi connectivity index (χ0n) is 12.4. The smallest absolute Gasteiger partial charge is 0.411 e. The van der Waals surface area contributed by atoms with E-state index in [1.54, 1.807) is 0 Å². The van der Waals surface area contributed by atoms with Gasteiger partial charge in [-0.25, -0.2) is 0 Å². The maximum Gasteiger partial charge on any atom is 0.411 e. The summed E-state index contributed by atoms with van der Waals surface area (Å²) in [5.41, 5.74) is 0.687. The summed E-state index contributed by atoms with van der Waals surface area (Å²) in [5.74, 6) is -1.20. The fourth-order valence-corrected chi connectivity index (χ4v) is 2.59. The van der Waals surface area contributed by atoms with E-state index in [9.17, 15) is 36.6 Å². The number of aromatic hydroxyl groups is 2. The molecule has 2 aromatic rings. The molecular weight excluding hydrogens is 354 g/mol.